The molecule has 3 rings (SSSR count). The Hall–Kier alpha value is -2.26. The lowest BCUT2D eigenvalue weighted by Crippen LogP contribution is -2.52. The van der Waals surface area contributed by atoms with Crippen molar-refractivity contribution in [2.75, 3.05) is 31.1 Å². The van der Waals surface area contributed by atoms with Crippen LogP contribution in [-0.2, 0) is 0 Å². The second-order valence-electron chi connectivity index (χ2n) is 5.54. The zero-order valence-corrected chi connectivity index (χ0v) is 11.9. The van der Waals surface area contributed by atoms with E-state index in [1.54, 1.807) is 13.0 Å². The lowest BCUT2D eigenvalue weighted by atomic mass is 10.0. The molecule has 6 nitrogen and oxygen atoms in total. The van der Waals surface area contributed by atoms with Crippen molar-refractivity contribution in [2.24, 2.45) is 0 Å². The molecule has 2 aliphatic rings. The van der Waals surface area contributed by atoms with Crippen molar-refractivity contribution in [2.45, 2.75) is 19.1 Å². The molecule has 0 radical (unpaired) electrons. The van der Waals surface area contributed by atoms with Crippen LogP contribution >= 0.6 is 0 Å². The Morgan fingerprint density at radius 1 is 1.48 bits per heavy atom. The van der Waals surface area contributed by atoms with Gasteiger partial charge in [-0.1, -0.05) is 6.07 Å². The van der Waals surface area contributed by atoms with Gasteiger partial charge >= 0.3 is 6.03 Å². The maximum atomic E-state index is 11.6. The Labute approximate surface area is 123 Å². The minimum atomic E-state index is -0.589. The SMILES string of the molecule is CC(O)c1ccc(C#N)cc1N1CCN2C(=O)NCC2C1. The summed E-state index contributed by atoms with van der Waals surface area (Å²) in [7, 11) is 0. The van der Waals surface area contributed by atoms with E-state index in [2.05, 4.69) is 16.3 Å². The molecule has 110 valence electrons. The number of piperazine rings is 1. The van der Waals surface area contributed by atoms with E-state index in [-0.39, 0.29) is 12.1 Å². The Morgan fingerprint density at radius 2 is 2.29 bits per heavy atom. The summed E-state index contributed by atoms with van der Waals surface area (Å²) in [5, 5.41) is 21.9. The second kappa shape index (κ2) is 5.26. The van der Waals surface area contributed by atoms with E-state index in [9.17, 15) is 9.90 Å². The lowest BCUT2D eigenvalue weighted by molar-refractivity contribution is 0.193. The standard InChI is InChI=1S/C15H18N4O2/c1-10(20)13-3-2-11(7-16)6-14(13)18-4-5-19-12(9-18)8-17-15(19)21/h2-3,6,10,12,20H,4-5,8-9H2,1H3,(H,17,21). The molecule has 1 aromatic rings. The third kappa shape index (κ3) is 2.41. The van der Waals surface area contributed by atoms with Crippen molar-refractivity contribution in [1.29, 1.82) is 5.26 Å². The summed E-state index contributed by atoms with van der Waals surface area (Å²) < 4.78 is 0. The van der Waals surface area contributed by atoms with E-state index in [1.165, 1.54) is 0 Å². The fraction of sp³-hybridized carbons (Fsp3) is 0.467. The van der Waals surface area contributed by atoms with Gasteiger partial charge in [-0.25, -0.2) is 4.79 Å². The largest absolute Gasteiger partial charge is 0.389 e. The first kappa shape index (κ1) is 13.7. The van der Waals surface area contributed by atoms with Crippen molar-refractivity contribution in [1.82, 2.24) is 10.2 Å². The molecule has 2 heterocycles. The molecule has 0 aromatic heterocycles. The van der Waals surface area contributed by atoms with Gasteiger partial charge in [-0.3, -0.25) is 0 Å². The smallest absolute Gasteiger partial charge is 0.317 e. The Balaban J connectivity index is 1.90. The summed E-state index contributed by atoms with van der Waals surface area (Å²) in [6.45, 7) is 4.46. The first-order valence-electron chi connectivity index (χ1n) is 7.11. The van der Waals surface area contributed by atoms with E-state index in [0.717, 1.165) is 11.3 Å². The number of aliphatic hydroxyl groups excluding tert-OH is 1. The van der Waals surface area contributed by atoms with Crippen LogP contribution in [0.5, 0.6) is 0 Å². The van der Waals surface area contributed by atoms with Crippen molar-refractivity contribution >= 4 is 11.7 Å². The molecule has 2 fully saturated rings. The molecule has 0 bridgehead atoms. The summed E-state index contributed by atoms with van der Waals surface area (Å²) in [5.41, 5.74) is 2.29. The van der Waals surface area contributed by atoms with Crippen molar-refractivity contribution < 1.29 is 9.90 Å². The quantitative estimate of drug-likeness (QED) is 0.844. The number of fused-ring (bicyclic) bond motifs is 1. The van der Waals surface area contributed by atoms with Gasteiger partial charge in [0.25, 0.3) is 0 Å². The number of rotatable bonds is 2. The third-order valence-electron chi connectivity index (χ3n) is 4.18. The molecule has 21 heavy (non-hydrogen) atoms. The van der Waals surface area contributed by atoms with Gasteiger partial charge in [0, 0.05) is 37.4 Å². The molecule has 0 spiro atoms. The van der Waals surface area contributed by atoms with Crippen LogP contribution < -0.4 is 10.2 Å². The molecular formula is C15H18N4O2. The number of nitrogens with one attached hydrogen (secondary N) is 1. The highest BCUT2D eigenvalue weighted by atomic mass is 16.3. The highest BCUT2D eigenvalue weighted by molar-refractivity contribution is 5.77. The van der Waals surface area contributed by atoms with Gasteiger partial charge in [-0.05, 0) is 19.1 Å². The highest BCUT2D eigenvalue weighted by Gasteiger charge is 2.36. The molecule has 2 N–H and O–H groups in total. The van der Waals surface area contributed by atoms with Crippen LogP contribution in [0.1, 0.15) is 24.2 Å². The van der Waals surface area contributed by atoms with Gasteiger partial charge in [-0.2, -0.15) is 5.26 Å². The molecule has 0 saturated carbocycles. The van der Waals surface area contributed by atoms with Gasteiger partial charge in [0.1, 0.15) is 0 Å². The molecular weight excluding hydrogens is 268 g/mol. The molecule has 0 aliphatic carbocycles. The molecule has 6 heteroatoms. The number of anilines is 1. The molecule has 2 unspecified atom stereocenters. The van der Waals surface area contributed by atoms with Crippen LogP contribution in [0, 0.1) is 11.3 Å². The average Bonchev–Trinajstić information content (AvgIpc) is 2.87. The van der Waals surface area contributed by atoms with Crippen LogP contribution in [0.15, 0.2) is 18.2 Å². The fourth-order valence-electron chi connectivity index (χ4n) is 3.06. The zero-order chi connectivity index (χ0) is 15.0. The first-order valence-corrected chi connectivity index (χ1v) is 7.11. The number of nitrogens with zero attached hydrogens (tertiary/aromatic N) is 3. The van der Waals surface area contributed by atoms with E-state index in [0.29, 0.717) is 31.7 Å². The number of carbonyl (C=O) groups excluding carboxylic acids is 1. The molecule has 2 amide bonds. The Bertz CT molecular complexity index is 608. The van der Waals surface area contributed by atoms with Crippen molar-refractivity contribution in [3.8, 4) is 6.07 Å². The van der Waals surface area contributed by atoms with Gasteiger partial charge in [0.05, 0.1) is 23.8 Å². The Morgan fingerprint density at radius 3 is 3.00 bits per heavy atom. The molecule has 2 saturated heterocycles. The number of hydrogen-bond donors (Lipinski definition) is 2. The first-order chi connectivity index (χ1) is 10.1. The van der Waals surface area contributed by atoms with E-state index in [4.69, 9.17) is 5.26 Å². The van der Waals surface area contributed by atoms with Crippen molar-refractivity contribution in [3.63, 3.8) is 0 Å². The van der Waals surface area contributed by atoms with E-state index >= 15 is 0 Å². The monoisotopic (exact) mass is 286 g/mol. The van der Waals surface area contributed by atoms with Gasteiger partial charge in [0.15, 0.2) is 0 Å². The van der Waals surface area contributed by atoms with Crippen LogP contribution in [0.3, 0.4) is 0 Å². The van der Waals surface area contributed by atoms with Gasteiger partial charge < -0.3 is 20.2 Å². The normalized spacial score (nSPS) is 22.5. The van der Waals surface area contributed by atoms with Crippen LogP contribution in [-0.4, -0.2) is 48.3 Å². The molecule has 2 aliphatic heterocycles. The summed E-state index contributed by atoms with van der Waals surface area (Å²) in [5.74, 6) is 0. The minimum absolute atomic E-state index is 0.00109. The number of urea groups is 1. The molecule has 2 atom stereocenters. The van der Waals surface area contributed by atoms with Gasteiger partial charge in [0.2, 0.25) is 0 Å². The van der Waals surface area contributed by atoms with E-state index < -0.39 is 6.10 Å². The zero-order valence-electron chi connectivity index (χ0n) is 11.9. The Kier molecular flexibility index (Phi) is 3.43. The summed E-state index contributed by atoms with van der Waals surface area (Å²) in [6.07, 6.45) is -0.589. The third-order valence-corrected chi connectivity index (χ3v) is 4.18. The minimum Gasteiger partial charge on any atom is -0.389 e. The number of amides is 2. The van der Waals surface area contributed by atoms with Crippen LogP contribution in [0.2, 0.25) is 0 Å². The van der Waals surface area contributed by atoms with Crippen LogP contribution in [0.25, 0.3) is 0 Å². The number of carbonyl (C=O) groups is 1. The van der Waals surface area contributed by atoms with Gasteiger partial charge in [-0.15, -0.1) is 0 Å². The van der Waals surface area contributed by atoms with E-state index in [1.807, 2.05) is 17.0 Å². The summed E-state index contributed by atoms with van der Waals surface area (Å²) in [4.78, 5) is 15.7. The summed E-state index contributed by atoms with van der Waals surface area (Å²) >= 11 is 0. The maximum Gasteiger partial charge on any atom is 0.317 e. The lowest BCUT2D eigenvalue weighted by Gasteiger charge is -2.39. The number of nitriles is 1. The number of benzene rings is 1. The van der Waals surface area contributed by atoms with Crippen LogP contribution in [0.4, 0.5) is 10.5 Å². The second-order valence-corrected chi connectivity index (χ2v) is 5.54. The maximum absolute atomic E-state index is 11.6. The average molecular weight is 286 g/mol. The highest BCUT2D eigenvalue weighted by Crippen LogP contribution is 2.30. The topological polar surface area (TPSA) is 79.6 Å². The summed E-state index contributed by atoms with van der Waals surface area (Å²) in [6, 6.07) is 7.65. The number of aliphatic hydroxyl groups is 1. The fourth-order valence-corrected chi connectivity index (χ4v) is 3.06. The molecule has 1 aromatic carbocycles. The predicted molar refractivity (Wildman–Crippen MR) is 77.9 cm³/mol. The predicted octanol–water partition coefficient (Wildman–Crippen LogP) is 0.825. The van der Waals surface area contributed by atoms with Crippen molar-refractivity contribution in [3.05, 3.63) is 29.3 Å². The number of hydrogen-bond acceptors (Lipinski definition) is 4.